The first kappa shape index (κ1) is 8.97. The molecule has 0 aliphatic heterocycles. The minimum absolute atomic E-state index is 0.0347. The molecule has 14 heavy (non-hydrogen) atoms. The van der Waals surface area contributed by atoms with Crippen LogP contribution >= 0.6 is 11.6 Å². The number of benzene rings is 1. The Hall–Kier alpha value is -1.60. The third kappa shape index (κ3) is 1.32. The van der Waals surface area contributed by atoms with Crippen LogP contribution in [0.5, 0.6) is 0 Å². The van der Waals surface area contributed by atoms with Gasteiger partial charge in [0, 0.05) is 0 Å². The number of nitriles is 1. The fourth-order valence-corrected chi connectivity index (χ4v) is 1.38. The average Bonchev–Trinajstić information content (AvgIpc) is 2.56. The Morgan fingerprint density at radius 2 is 2.36 bits per heavy atom. The molecule has 0 aliphatic rings. The molecule has 0 unspecified atom stereocenters. The van der Waals surface area contributed by atoms with Gasteiger partial charge in [0.25, 0.3) is 0 Å². The number of rotatable bonds is 1. The number of fused-ring (bicyclic) bond motifs is 1. The molecule has 0 atom stereocenters. The quantitative estimate of drug-likeness (QED) is 0.784. The van der Waals surface area contributed by atoms with Crippen LogP contribution < -0.4 is 0 Å². The van der Waals surface area contributed by atoms with Crippen LogP contribution in [0.1, 0.15) is 5.82 Å². The maximum atomic E-state index is 13.4. The van der Waals surface area contributed by atoms with Crippen molar-refractivity contribution in [3.8, 4) is 6.07 Å². The first-order chi connectivity index (χ1) is 6.72. The van der Waals surface area contributed by atoms with Crippen molar-refractivity contribution in [2.75, 3.05) is 0 Å². The number of nitrogens with zero attached hydrogens (tertiary/aromatic N) is 2. The number of nitrogens with one attached hydrogen (secondary N) is 1. The van der Waals surface area contributed by atoms with Crippen molar-refractivity contribution in [2.24, 2.45) is 0 Å². The third-order valence-electron chi connectivity index (χ3n) is 1.84. The first-order valence-corrected chi connectivity index (χ1v) is 4.29. The fraction of sp³-hybridized carbons (Fsp3) is 0.111. The van der Waals surface area contributed by atoms with Gasteiger partial charge in [0.15, 0.2) is 5.82 Å². The summed E-state index contributed by atoms with van der Waals surface area (Å²) in [5, 5.41) is 8.47. The topological polar surface area (TPSA) is 52.5 Å². The smallest absolute Gasteiger partial charge is 0.169 e. The number of imidazole rings is 1. The maximum absolute atomic E-state index is 13.4. The zero-order valence-corrected chi connectivity index (χ0v) is 7.77. The summed E-state index contributed by atoms with van der Waals surface area (Å²) in [6.07, 6.45) is 0.131. The molecule has 0 spiro atoms. The molecule has 0 radical (unpaired) electrons. The van der Waals surface area contributed by atoms with Crippen LogP contribution in [0.4, 0.5) is 4.39 Å². The van der Waals surface area contributed by atoms with Gasteiger partial charge in [-0.2, -0.15) is 5.26 Å². The van der Waals surface area contributed by atoms with E-state index in [1.54, 1.807) is 6.07 Å². The Kier molecular flexibility index (Phi) is 2.10. The summed E-state index contributed by atoms with van der Waals surface area (Å²) in [7, 11) is 0. The molecule has 0 aliphatic carbocycles. The number of halogens is 2. The van der Waals surface area contributed by atoms with Gasteiger partial charge in [-0.3, -0.25) is 0 Å². The molecule has 2 rings (SSSR count). The van der Waals surface area contributed by atoms with Crippen molar-refractivity contribution in [1.29, 1.82) is 5.26 Å². The number of aromatic amines is 1. The van der Waals surface area contributed by atoms with Gasteiger partial charge in [-0.05, 0) is 12.1 Å². The predicted octanol–water partition coefficient (Wildman–Crippen LogP) is 2.42. The highest BCUT2D eigenvalue weighted by atomic mass is 35.5. The fourth-order valence-electron chi connectivity index (χ4n) is 1.23. The molecule has 1 aromatic carbocycles. The van der Waals surface area contributed by atoms with Gasteiger partial charge in [-0.1, -0.05) is 11.6 Å². The monoisotopic (exact) mass is 209 g/mol. The minimum atomic E-state index is -0.551. The van der Waals surface area contributed by atoms with Crippen LogP contribution in [-0.4, -0.2) is 9.97 Å². The van der Waals surface area contributed by atoms with Gasteiger partial charge in [0.1, 0.15) is 11.3 Å². The molecule has 70 valence electrons. The Labute approximate surface area is 84.1 Å². The van der Waals surface area contributed by atoms with E-state index >= 15 is 0 Å². The molecule has 3 nitrogen and oxygen atoms in total. The largest absolute Gasteiger partial charge is 0.341 e. The SMILES string of the molecule is N#CCc1nc2c(F)c(Cl)ccc2[nH]1. The highest BCUT2D eigenvalue weighted by molar-refractivity contribution is 6.31. The molecule has 0 saturated heterocycles. The summed E-state index contributed by atoms with van der Waals surface area (Å²) >= 11 is 5.58. The van der Waals surface area contributed by atoms with Crippen LogP contribution in [0.3, 0.4) is 0 Å². The first-order valence-electron chi connectivity index (χ1n) is 3.92. The standard InChI is InChI=1S/C9H5ClFN3/c10-5-1-2-6-9(8(5)11)14-7(13-6)3-4-12/h1-2H,3H2,(H,13,14). The number of hydrogen-bond donors (Lipinski definition) is 1. The molecule has 1 N–H and O–H groups in total. The molecule has 1 heterocycles. The molecule has 5 heteroatoms. The average molecular weight is 210 g/mol. The molecule has 0 fully saturated rings. The van der Waals surface area contributed by atoms with Gasteiger partial charge in [-0.25, -0.2) is 9.37 Å². The molecule has 0 amide bonds. The van der Waals surface area contributed by atoms with Crippen LogP contribution in [0, 0.1) is 17.1 Å². The molecule has 0 bridgehead atoms. The van der Waals surface area contributed by atoms with Gasteiger partial charge in [-0.15, -0.1) is 0 Å². The van der Waals surface area contributed by atoms with Crippen molar-refractivity contribution in [3.05, 3.63) is 28.8 Å². The second-order valence-corrected chi connectivity index (χ2v) is 3.18. The molecular formula is C9H5ClFN3. The number of aromatic nitrogens is 2. The molecule has 0 saturated carbocycles. The van der Waals surface area contributed by atoms with E-state index in [0.29, 0.717) is 11.3 Å². The van der Waals surface area contributed by atoms with E-state index in [2.05, 4.69) is 9.97 Å². The summed E-state index contributed by atoms with van der Waals surface area (Å²) < 4.78 is 13.4. The normalized spacial score (nSPS) is 10.4. The second kappa shape index (κ2) is 3.28. The van der Waals surface area contributed by atoms with E-state index < -0.39 is 5.82 Å². The van der Waals surface area contributed by atoms with Gasteiger partial charge in [0.2, 0.25) is 0 Å². The van der Waals surface area contributed by atoms with Gasteiger partial charge >= 0.3 is 0 Å². The van der Waals surface area contributed by atoms with Crippen molar-refractivity contribution in [2.45, 2.75) is 6.42 Å². The van der Waals surface area contributed by atoms with Crippen LogP contribution in [0.25, 0.3) is 11.0 Å². The lowest BCUT2D eigenvalue weighted by molar-refractivity contribution is 0.637. The summed E-state index contributed by atoms with van der Waals surface area (Å²) in [6, 6.07) is 5.02. The van der Waals surface area contributed by atoms with Crippen molar-refractivity contribution in [1.82, 2.24) is 9.97 Å². The van der Waals surface area contributed by atoms with E-state index in [4.69, 9.17) is 16.9 Å². The van der Waals surface area contributed by atoms with E-state index in [0.717, 1.165) is 0 Å². The third-order valence-corrected chi connectivity index (χ3v) is 2.13. The van der Waals surface area contributed by atoms with Crippen LogP contribution in [0.15, 0.2) is 12.1 Å². The lowest BCUT2D eigenvalue weighted by atomic mass is 10.3. The Bertz CT molecular complexity index is 527. The zero-order valence-electron chi connectivity index (χ0n) is 7.01. The van der Waals surface area contributed by atoms with E-state index in [-0.39, 0.29) is 17.0 Å². The Balaban J connectivity index is 2.66. The lowest BCUT2D eigenvalue weighted by Crippen LogP contribution is -1.83. The van der Waals surface area contributed by atoms with Crippen LogP contribution in [-0.2, 0) is 6.42 Å². The van der Waals surface area contributed by atoms with Crippen molar-refractivity contribution >= 4 is 22.6 Å². The highest BCUT2D eigenvalue weighted by Gasteiger charge is 2.09. The Morgan fingerprint density at radius 3 is 3.07 bits per heavy atom. The second-order valence-electron chi connectivity index (χ2n) is 2.78. The minimum Gasteiger partial charge on any atom is -0.341 e. The van der Waals surface area contributed by atoms with E-state index in [1.807, 2.05) is 6.07 Å². The lowest BCUT2D eigenvalue weighted by Gasteiger charge is -1.92. The van der Waals surface area contributed by atoms with Gasteiger partial charge in [0.05, 0.1) is 23.0 Å². The Morgan fingerprint density at radius 1 is 1.57 bits per heavy atom. The number of H-pyrrole nitrogens is 1. The summed E-state index contributed by atoms with van der Waals surface area (Å²) in [5.74, 6) is -0.103. The highest BCUT2D eigenvalue weighted by Crippen LogP contribution is 2.22. The summed E-state index contributed by atoms with van der Waals surface area (Å²) in [5.41, 5.74) is 0.736. The molecule has 2 aromatic rings. The van der Waals surface area contributed by atoms with E-state index in [1.165, 1.54) is 6.07 Å². The predicted molar refractivity (Wildman–Crippen MR) is 50.4 cm³/mol. The summed E-state index contributed by atoms with van der Waals surface area (Å²) in [4.78, 5) is 6.76. The zero-order chi connectivity index (χ0) is 10.1. The molecule has 1 aromatic heterocycles. The van der Waals surface area contributed by atoms with Crippen molar-refractivity contribution in [3.63, 3.8) is 0 Å². The summed E-state index contributed by atoms with van der Waals surface area (Å²) in [6.45, 7) is 0. The van der Waals surface area contributed by atoms with E-state index in [9.17, 15) is 4.39 Å². The maximum Gasteiger partial charge on any atom is 0.169 e. The van der Waals surface area contributed by atoms with Gasteiger partial charge < -0.3 is 4.98 Å². The molecular weight excluding hydrogens is 205 g/mol. The number of hydrogen-bond acceptors (Lipinski definition) is 2. The van der Waals surface area contributed by atoms with Crippen molar-refractivity contribution < 1.29 is 4.39 Å². The van der Waals surface area contributed by atoms with Crippen LogP contribution in [0.2, 0.25) is 5.02 Å².